The summed E-state index contributed by atoms with van der Waals surface area (Å²) in [5, 5.41) is 6.45. The fourth-order valence-electron chi connectivity index (χ4n) is 2.87. The van der Waals surface area contributed by atoms with E-state index in [2.05, 4.69) is 5.32 Å². The number of aryl methyl sites for hydroxylation is 1. The molecule has 1 aromatic carbocycles. The normalized spacial score (nSPS) is 10.9. The van der Waals surface area contributed by atoms with Gasteiger partial charge >= 0.3 is 0 Å². The average Bonchev–Trinajstić information content (AvgIpc) is 3.41. The highest BCUT2D eigenvalue weighted by Gasteiger charge is 2.13. The van der Waals surface area contributed by atoms with Crippen LogP contribution in [0.25, 0.3) is 22.0 Å². The van der Waals surface area contributed by atoms with E-state index in [-0.39, 0.29) is 12.5 Å². The van der Waals surface area contributed by atoms with Crippen LogP contribution >= 0.6 is 22.9 Å². The van der Waals surface area contributed by atoms with Crippen molar-refractivity contribution in [2.75, 3.05) is 0 Å². The Morgan fingerprint density at radius 3 is 2.79 bits per heavy atom. The smallest absolute Gasteiger partial charge is 0.240 e. The highest BCUT2D eigenvalue weighted by Crippen LogP contribution is 2.29. The minimum atomic E-state index is -0.0824. The fourth-order valence-corrected chi connectivity index (χ4v) is 3.86. The van der Waals surface area contributed by atoms with Gasteiger partial charge in [0.1, 0.15) is 23.1 Å². The van der Waals surface area contributed by atoms with Gasteiger partial charge in [-0.2, -0.15) is 0 Å². The number of furan rings is 1. The van der Waals surface area contributed by atoms with Gasteiger partial charge in [0.15, 0.2) is 0 Å². The second-order valence-electron chi connectivity index (χ2n) is 6.36. The largest absolute Gasteiger partial charge is 0.465 e. The van der Waals surface area contributed by atoms with Crippen molar-refractivity contribution in [1.82, 2.24) is 14.9 Å². The second-order valence-corrected chi connectivity index (χ2v) is 7.65. The molecule has 0 aliphatic heterocycles. The monoisotopic (exact) mass is 411 g/mol. The van der Waals surface area contributed by atoms with Crippen molar-refractivity contribution in [2.45, 2.75) is 20.0 Å². The molecule has 0 bridgehead atoms. The number of aromatic nitrogens is 2. The summed E-state index contributed by atoms with van der Waals surface area (Å²) in [7, 11) is 0. The number of nitrogens with one attached hydrogen (secondary N) is 1. The first-order chi connectivity index (χ1) is 13.6. The molecule has 0 aliphatic rings. The number of hydrogen-bond acceptors (Lipinski definition) is 4. The Kier molecular flexibility index (Phi) is 5.32. The molecule has 4 rings (SSSR count). The number of amides is 1. The predicted molar refractivity (Wildman–Crippen MR) is 111 cm³/mol. The molecule has 28 heavy (non-hydrogen) atoms. The van der Waals surface area contributed by atoms with Gasteiger partial charge in [-0.15, -0.1) is 11.3 Å². The van der Waals surface area contributed by atoms with E-state index >= 15 is 0 Å². The highest BCUT2D eigenvalue weighted by atomic mass is 35.5. The highest BCUT2D eigenvalue weighted by molar-refractivity contribution is 7.13. The van der Waals surface area contributed by atoms with Gasteiger partial charge in [-0.1, -0.05) is 23.7 Å². The number of rotatable bonds is 6. The summed E-state index contributed by atoms with van der Waals surface area (Å²) in [4.78, 5) is 17.1. The Morgan fingerprint density at radius 1 is 1.21 bits per heavy atom. The molecule has 142 valence electrons. The Morgan fingerprint density at radius 2 is 2.04 bits per heavy atom. The van der Waals surface area contributed by atoms with Crippen LogP contribution in [-0.2, 0) is 17.9 Å². The third-order valence-corrected chi connectivity index (χ3v) is 5.38. The van der Waals surface area contributed by atoms with E-state index in [1.165, 1.54) is 0 Å². The summed E-state index contributed by atoms with van der Waals surface area (Å²) in [6.07, 6.45) is 1.88. The summed E-state index contributed by atoms with van der Waals surface area (Å²) in [6, 6.07) is 15.2. The maximum absolute atomic E-state index is 12.3. The van der Waals surface area contributed by atoms with Crippen molar-refractivity contribution in [2.24, 2.45) is 0 Å². The second kappa shape index (κ2) is 8.04. The van der Waals surface area contributed by atoms with E-state index in [1.54, 1.807) is 11.3 Å². The molecular weight excluding hydrogens is 394 g/mol. The van der Waals surface area contributed by atoms with Crippen molar-refractivity contribution < 1.29 is 9.21 Å². The van der Waals surface area contributed by atoms with Crippen LogP contribution in [-0.4, -0.2) is 15.5 Å². The van der Waals surface area contributed by atoms with Crippen molar-refractivity contribution in [3.05, 3.63) is 76.7 Å². The van der Waals surface area contributed by atoms with Crippen LogP contribution in [0.15, 0.2) is 64.5 Å². The molecule has 0 saturated heterocycles. The molecule has 0 saturated carbocycles. The first kappa shape index (κ1) is 18.5. The molecule has 4 aromatic rings. The lowest BCUT2D eigenvalue weighted by Gasteiger charge is -2.08. The summed E-state index contributed by atoms with van der Waals surface area (Å²) in [6.45, 7) is 2.48. The van der Waals surface area contributed by atoms with Crippen molar-refractivity contribution in [3.8, 4) is 22.0 Å². The van der Waals surface area contributed by atoms with E-state index < -0.39 is 0 Å². The Bertz CT molecular complexity index is 1100. The minimum Gasteiger partial charge on any atom is -0.465 e. The van der Waals surface area contributed by atoms with E-state index in [0.717, 1.165) is 33.5 Å². The number of hydrogen-bond donors (Lipinski definition) is 1. The molecular formula is C21H18ClN3O2S. The predicted octanol–water partition coefficient (Wildman–Crippen LogP) is 5.15. The van der Waals surface area contributed by atoms with E-state index in [9.17, 15) is 4.79 Å². The molecule has 1 N–H and O–H groups in total. The summed E-state index contributed by atoms with van der Waals surface area (Å²) < 4.78 is 7.37. The standard InChI is InChI=1S/C21H18ClN3O2S/c1-14-4-9-17(27-14)11-23-20(26)12-25-10-2-3-19(25)21-24-18(13-28-21)15-5-7-16(22)8-6-15/h2-10,13H,11-12H2,1H3,(H,23,26). The van der Waals surface area contributed by atoms with Crippen molar-refractivity contribution in [1.29, 1.82) is 0 Å². The van der Waals surface area contributed by atoms with Gasteiger partial charge in [0.2, 0.25) is 5.91 Å². The van der Waals surface area contributed by atoms with Gasteiger partial charge in [-0.3, -0.25) is 4.79 Å². The summed E-state index contributed by atoms with van der Waals surface area (Å²) in [5.74, 6) is 1.49. The topological polar surface area (TPSA) is 60.1 Å². The Hall–Kier alpha value is -2.83. The molecule has 7 heteroatoms. The van der Waals surface area contributed by atoms with Crippen molar-refractivity contribution in [3.63, 3.8) is 0 Å². The average molecular weight is 412 g/mol. The molecule has 1 amide bonds. The van der Waals surface area contributed by atoms with Gasteiger partial charge in [-0.25, -0.2) is 4.98 Å². The van der Waals surface area contributed by atoms with Crippen LogP contribution in [0.3, 0.4) is 0 Å². The van der Waals surface area contributed by atoms with Crippen molar-refractivity contribution >= 4 is 28.8 Å². The van der Waals surface area contributed by atoms with Gasteiger partial charge < -0.3 is 14.3 Å². The first-order valence-corrected chi connectivity index (χ1v) is 10.0. The zero-order valence-corrected chi connectivity index (χ0v) is 16.8. The number of thiazole rings is 1. The van der Waals surface area contributed by atoms with Gasteiger partial charge in [-0.05, 0) is 43.3 Å². The molecule has 0 spiro atoms. The van der Waals surface area contributed by atoms with Crippen LogP contribution in [0.4, 0.5) is 0 Å². The molecule has 0 aliphatic carbocycles. The van der Waals surface area contributed by atoms with Crippen LogP contribution in [0.2, 0.25) is 5.02 Å². The van der Waals surface area contributed by atoms with Crippen LogP contribution in [0.1, 0.15) is 11.5 Å². The Balaban J connectivity index is 1.45. The van der Waals surface area contributed by atoms with Crippen LogP contribution in [0.5, 0.6) is 0 Å². The lowest BCUT2D eigenvalue weighted by Crippen LogP contribution is -2.26. The quantitative estimate of drug-likeness (QED) is 0.477. The van der Waals surface area contributed by atoms with E-state index in [0.29, 0.717) is 11.6 Å². The molecule has 3 heterocycles. The van der Waals surface area contributed by atoms with Gasteiger partial charge in [0.25, 0.3) is 0 Å². The van der Waals surface area contributed by atoms with Gasteiger partial charge in [0, 0.05) is 22.2 Å². The maximum atomic E-state index is 12.3. The maximum Gasteiger partial charge on any atom is 0.240 e. The third-order valence-electron chi connectivity index (χ3n) is 4.26. The van der Waals surface area contributed by atoms with Gasteiger partial charge in [0.05, 0.1) is 17.9 Å². The molecule has 3 aromatic heterocycles. The fraction of sp³-hybridized carbons (Fsp3) is 0.143. The molecule has 0 radical (unpaired) electrons. The molecule has 0 fully saturated rings. The lowest BCUT2D eigenvalue weighted by atomic mass is 10.2. The molecule has 0 unspecified atom stereocenters. The number of carbonyl (C=O) groups is 1. The number of carbonyl (C=O) groups excluding carboxylic acids is 1. The molecule has 0 atom stereocenters. The van der Waals surface area contributed by atoms with Crippen LogP contribution < -0.4 is 5.32 Å². The minimum absolute atomic E-state index is 0.0824. The lowest BCUT2D eigenvalue weighted by molar-refractivity contribution is -0.121. The first-order valence-electron chi connectivity index (χ1n) is 8.77. The summed E-state index contributed by atoms with van der Waals surface area (Å²) >= 11 is 7.50. The summed E-state index contributed by atoms with van der Waals surface area (Å²) in [5.41, 5.74) is 2.81. The number of benzene rings is 1. The van der Waals surface area contributed by atoms with Crippen LogP contribution in [0, 0.1) is 6.92 Å². The Labute approximate surface area is 171 Å². The molecule has 5 nitrogen and oxygen atoms in total. The van der Waals surface area contributed by atoms with E-state index in [4.69, 9.17) is 21.0 Å². The zero-order valence-electron chi connectivity index (χ0n) is 15.2. The van der Waals surface area contributed by atoms with E-state index in [1.807, 2.05) is 71.6 Å². The third kappa shape index (κ3) is 4.18. The number of halogens is 1. The SMILES string of the molecule is Cc1ccc(CNC(=O)Cn2cccc2-c2nc(-c3ccc(Cl)cc3)cs2)o1. The number of nitrogens with zero attached hydrogens (tertiary/aromatic N) is 2. The zero-order chi connectivity index (χ0) is 19.5.